The fraction of sp³-hybridized carbons (Fsp3) is 0. The number of furan rings is 1. The topological polar surface area (TPSA) is 42.4 Å². The molecule has 0 aliphatic rings. The summed E-state index contributed by atoms with van der Waals surface area (Å²) in [6.07, 6.45) is 0. The standard InChI is InChI=1S/C49H30N2O2/c1-3-10-31(11-4-1)35-14-9-15-37(28-35)51(39-24-26-42-41-16-7-8-17-44(41)52-45(42)30-39)38-23-25-40-36(29-38)21-20-32-18-19-33-22-27-43-48(47(33)46(32)40)53-49(50-43)34-12-5-2-6-13-34/h1-30H. The van der Waals surface area contributed by atoms with Gasteiger partial charge in [0, 0.05) is 50.2 Å². The van der Waals surface area contributed by atoms with Gasteiger partial charge in [-0.05, 0) is 93.3 Å². The molecule has 53 heavy (non-hydrogen) atoms. The Kier molecular flexibility index (Phi) is 6.52. The van der Waals surface area contributed by atoms with Crippen molar-refractivity contribution < 1.29 is 8.83 Å². The molecule has 11 rings (SSSR count). The van der Waals surface area contributed by atoms with Crippen LogP contribution in [0.5, 0.6) is 0 Å². The maximum Gasteiger partial charge on any atom is 0.227 e. The fourth-order valence-corrected chi connectivity index (χ4v) is 7.93. The van der Waals surface area contributed by atoms with E-state index in [9.17, 15) is 0 Å². The van der Waals surface area contributed by atoms with Gasteiger partial charge in [0.25, 0.3) is 0 Å². The van der Waals surface area contributed by atoms with Gasteiger partial charge in [0.2, 0.25) is 5.89 Å². The van der Waals surface area contributed by atoms with Gasteiger partial charge in [-0.25, -0.2) is 4.98 Å². The molecule has 0 saturated heterocycles. The highest BCUT2D eigenvalue weighted by Crippen LogP contribution is 2.43. The van der Waals surface area contributed by atoms with Crippen LogP contribution in [0.4, 0.5) is 17.1 Å². The summed E-state index contributed by atoms with van der Waals surface area (Å²) in [5.74, 6) is 0.627. The lowest BCUT2D eigenvalue weighted by Gasteiger charge is -2.26. The van der Waals surface area contributed by atoms with Crippen molar-refractivity contribution in [3.63, 3.8) is 0 Å². The number of aromatic nitrogens is 1. The van der Waals surface area contributed by atoms with Crippen LogP contribution in [0.2, 0.25) is 0 Å². The van der Waals surface area contributed by atoms with E-state index >= 15 is 0 Å². The van der Waals surface area contributed by atoms with Gasteiger partial charge in [0.15, 0.2) is 5.58 Å². The number of hydrogen-bond donors (Lipinski definition) is 0. The molecule has 4 nitrogen and oxygen atoms in total. The molecule has 0 saturated carbocycles. The first-order chi connectivity index (χ1) is 26.2. The van der Waals surface area contributed by atoms with Crippen molar-refractivity contribution >= 4 is 82.4 Å². The normalized spacial score (nSPS) is 11.8. The molecule has 0 aliphatic carbocycles. The summed E-state index contributed by atoms with van der Waals surface area (Å²) in [4.78, 5) is 7.23. The van der Waals surface area contributed by atoms with E-state index in [1.807, 2.05) is 42.5 Å². The molecule has 0 N–H and O–H groups in total. The second-order valence-corrected chi connectivity index (χ2v) is 13.6. The zero-order valence-electron chi connectivity index (χ0n) is 28.5. The predicted molar refractivity (Wildman–Crippen MR) is 219 cm³/mol. The number of hydrogen-bond acceptors (Lipinski definition) is 4. The lowest BCUT2D eigenvalue weighted by molar-refractivity contribution is 0.623. The molecule has 0 radical (unpaired) electrons. The van der Waals surface area contributed by atoms with Crippen LogP contribution in [0, 0.1) is 0 Å². The van der Waals surface area contributed by atoms with Crippen molar-refractivity contribution in [3.05, 3.63) is 182 Å². The predicted octanol–water partition coefficient (Wildman–Crippen LogP) is 14.0. The molecule has 9 aromatic carbocycles. The number of benzene rings is 9. The Bertz CT molecular complexity index is 3180. The Balaban J connectivity index is 1.13. The number of rotatable bonds is 5. The summed E-state index contributed by atoms with van der Waals surface area (Å²) in [5, 5.41) is 9.04. The molecule has 0 aliphatic heterocycles. The number of nitrogens with zero attached hydrogens (tertiary/aromatic N) is 2. The molecule has 2 aromatic heterocycles. The Morgan fingerprint density at radius 2 is 1.00 bits per heavy atom. The summed E-state index contributed by atoms with van der Waals surface area (Å²) in [6, 6.07) is 64.0. The first-order valence-electron chi connectivity index (χ1n) is 17.9. The van der Waals surface area contributed by atoms with Crippen LogP contribution in [0.15, 0.2) is 191 Å². The minimum absolute atomic E-state index is 0.627. The third-order valence-corrected chi connectivity index (χ3v) is 10.4. The molecule has 2 heterocycles. The monoisotopic (exact) mass is 678 g/mol. The summed E-state index contributed by atoms with van der Waals surface area (Å²) < 4.78 is 13.0. The number of oxazole rings is 1. The second-order valence-electron chi connectivity index (χ2n) is 13.6. The zero-order valence-corrected chi connectivity index (χ0v) is 28.5. The van der Waals surface area contributed by atoms with Gasteiger partial charge in [-0.15, -0.1) is 0 Å². The molecular weight excluding hydrogens is 649 g/mol. The highest BCUT2D eigenvalue weighted by molar-refractivity contribution is 6.26. The Morgan fingerprint density at radius 1 is 0.377 bits per heavy atom. The van der Waals surface area contributed by atoms with Crippen molar-refractivity contribution in [1.29, 1.82) is 0 Å². The van der Waals surface area contributed by atoms with Crippen LogP contribution in [-0.2, 0) is 0 Å². The van der Waals surface area contributed by atoms with Crippen molar-refractivity contribution in [1.82, 2.24) is 4.98 Å². The van der Waals surface area contributed by atoms with Crippen LogP contribution >= 0.6 is 0 Å². The minimum Gasteiger partial charge on any atom is -0.456 e. The smallest absolute Gasteiger partial charge is 0.227 e. The van der Waals surface area contributed by atoms with Gasteiger partial charge < -0.3 is 13.7 Å². The van der Waals surface area contributed by atoms with Gasteiger partial charge in [-0.1, -0.05) is 115 Å². The fourth-order valence-electron chi connectivity index (χ4n) is 7.93. The van der Waals surface area contributed by atoms with E-state index in [2.05, 4.69) is 144 Å². The van der Waals surface area contributed by atoms with Gasteiger partial charge in [-0.2, -0.15) is 0 Å². The molecule has 0 atom stereocenters. The maximum absolute atomic E-state index is 6.58. The molecule has 0 bridgehead atoms. The number of fused-ring (bicyclic) bond motifs is 10. The number of anilines is 3. The molecule has 248 valence electrons. The van der Waals surface area contributed by atoms with E-state index in [0.717, 1.165) is 93.5 Å². The van der Waals surface area contributed by atoms with Gasteiger partial charge in [0.05, 0.1) is 0 Å². The molecule has 0 unspecified atom stereocenters. The van der Waals surface area contributed by atoms with Crippen molar-refractivity contribution in [2.45, 2.75) is 0 Å². The lowest BCUT2D eigenvalue weighted by atomic mass is 9.95. The Hall–Kier alpha value is -7.17. The third kappa shape index (κ3) is 4.80. The van der Waals surface area contributed by atoms with Crippen molar-refractivity contribution in [2.75, 3.05) is 4.90 Å². The molecule has 4 heteroatoms. The summed E-state index contributed by atoms with van der Waals surface area (Å²) in [6.45, 7) is 0. The van der Waals surface area contributed by atoms with E-state index < -0.39 is 0 Å². The highest BCUT2D eigenvalue weighted by Gasteiger charge is 2.19. The largest absolute Gasteiger partial charge is 0.456 e. The number of para-hydroxylation sites is 1. The van der Waals surface area contributed by atoms with E-state index in [1.54, 1.807) is 0 Å². The summed E-state index contributed by atoms with van der Waals surface area (Å²) in [5.41, 5.74) is 9.82. The molecule has 0 fully saturated rings. The Morgan fingerprint density at radius 3 is 1.83 bits per heavy atom. The van der Waals surface area contributed by atoms with E-state index in [-0.39, 0.29) is 0 Å². The van der Waals surface area contributed by atoms with Gasteiger partial charge in [-0.3, -0.25) is 0 Å². The summed E-state index contributed by atoms with van der Waals surface area (Å²) >= 11 is 0. The zero-order chi connectivity index (χ0) is 34.9. The SMILES string of the molecule is c1ccc(-c2cccc(N(c3ccc4c(ccc5ccc6ccc7nc(-c8ccccc8)oc7c6c54)c3)c3ccc4c(c3)oc3ccccc34)c2)cc1. The van der Waals surface area contributed by atoms with E-state index in [4.69, 9.17) is 13.8 Å². The average molecular weight is 679 g/mol. The van der Waals surface area contributed by atoms with Crippen molar-refractivity contribution in [3.8, 4) is 22.6 Å². The first kappa shape index (κ1) is 29.5. The van der Waals surface area contributed by atoms with Crippen LogP contribution in [0.1, 0.15) is 0 Å². The third-order valence-electron chi connectivity index (χ3n) is 10.4. The van der Waals surface area contributed by atoms with E-state index in [0.29, 0.717) is 5.89 Å². The highest BCUT2D eigenvalue weighted by atomic mass is 16.3. The van der Waals surface area contributed by atoms with E-state index in [1.165, 1.54) is 5.56 Å². The average Bonchev–Trinajstić information content (AvgIpc) is 3.83. The molecule has 0 amide bonds. The first-order valence-corrected chi connectivity index (χ1v) is 17.9. The molecule has 11 aromatic rings. The van der Waals surface area contributed by atoms with Crippen LogP contribution in [0.25, 0.3) is 87.9 Å². The maximum atomic E-state index is 6.58. The molecule has 0 spiro atoms. The van der Waals surface area contributed by atoms with Crippen LogP contribution in [-0.4, -0.2) is 4.98 Å². The minimum atomic E-state index is 0.627. The van der Waals surface area contributed by atoms with Crippen LogP contribution < -0.4 is 4.90 Å². The Labute approximate surface area is 304 Å². The van der Waals surface area contributed by atoms with Gasteiger partial charge >= 0.3 is 0 Å². The molecular formula is C49H30N2O2. The van der Waals surface area contributed by atoms with Crippen molar-refractivity contribution in [2.24, 2.45) is 0 Å². The summed E-state index contributed by atoms with van der Waals surface area (Å²) in [7, 11) is 0. The van der Waals surface area contributed by atoms with Crippen LogP contribution in [0.3, 0.4) is 0 Å². The lowest BCUT2D eigenvalue weighted by Crippen LogP contribution is -2.10. The van der Waals surface area contributed by atoms with Gasteiger partial charge in [0.1, 0.15) is 16.7 Å². The quantitative estimate of drug-likeness (QED) is 0.170. The second kappa shape index (κ2) is 11.7.